The lowest BCUT2D eigenvalue weighted by Gasteiger charge is -2.18. The molecule has 0 atom stereocenters. The molecule has 0 aliphatic carbocycles. The van der Waals surface area contributed by atoms with E-state index in [9.17, 15) is 9.59 Å². The van der Waals surface area contributed by atoms with Crippen molar-refractivity contribution in [1.82, 2.24) is 0 Å². The smallest absolute Gasteiger partial charge is 0.262 e. The SMILES string of the molecule is Cc1cc(OCC(=O)Nc2ccc3c(c2)NC(=O)CO3)ccc1C(C)C. The maximum atomic E-state index is 12.1. The summed E-state index contributed by atoms with van der Waals surface area (Å²) < 4.78 is 10.9. The van der Waals surface area contributed by atoms with Crippen LogP contribution in [0, 0.1) is 6.92 Å². The molecule has 0 spiro atoms. The van der Waals surface area contributed by atoms with Crippen LogP contribution in [-0.2, 0) is 9.59 Å². The van der Waals surface area contributed by atoms with Crippen LogP contribution in [0.25, 0.3) is 0 Å². The lowest BCUT2D eigenvalue weighted by molar-refractivity contribution is -0.119. The number of aryl methyl sites for hydroxylation is 1. The van der Waals surface area contributed by atoms with Gasteiger partial charge in [-0.3, -0.25) is 9.59 Å². The van der Waals surface area contributed by atoms with E-state index in [1.807, 2.05) is 25.1 Å². The highest BCUT2D eigenvalue weighted by Crippen LogP contribution is 2.30. The summed E-state index contributed by atoms with van der Waals surface area (Å²) in [4.78, 5) is 23.5. The van der Waals surface area contributed by atoms with E-state index >= 15 is 0 Å². The van der Waals surface area contributed by atoms with E-state index in [1.54, 1.807) is 18.2 Å². The highest BCUT2D eigenvalue weighted by atomic mass is 16.5. The maximum absolute atomic E-state index is 12.1. The summed E-state index contributed by atoms with van der Waals surface area (Å²) in [5.74, 6) is 1.19. The van der Waals surface area contributed by atoms with Crippen molar-refractivity contribution in [2.24, 2.45) is 0 Å². The summed E-state index contributed by atoms with van der Waals surface area (Å²) in [6.07, 6.45) is 0. The van der Waals surface area contributed by atoms with Gasteiger partial charge in [0.2, 0.25) is 0 Å². The third-order valence-electron chi connectivity index (χ3n) is 4.13. The highest BCUT2D eigenvalue weighted by Gasteiger charge is 2.16. The van der Waals surface area contributed by atoms with Crippen molar-refractivity contribution in [2.75, 3.05) is 23.8 Å². The van der Waals surface area contributed by atoms with E-state index in [1.165, 1.54) is 5.56 Å². The van der Waals surface area contributed by atoms with Crippen LogP contribution in [0.2, 0.25) is 0 Å². The van der Waals surface area contributed by atoms with Gasteiger partial charge >= 0.3 is 0 Å². The third kappa shape index (κ3) is 4.14. The van der Waals surface area contributed by atoms with Crippen molar-refractivity contribution in [2.45, 2.75) is 26.7 Å². The molecule has 1 heterocycles. The Kier molecular flexibility index (Phi) is 5.11. The van der Waals surface area contributed by atoms with Crippen LogP contribution in [0.1, 0.15) is 30.9 Å². The molecular formula is C20H22N2O4. The van der Waals surface area contributed by atoms with Crippen LogP contribution in [0.3, 0.4) is 0 Å². The number of anilines is 2. The van der Waals surface area contributed by atoms with E-state index in [4.69, 9.17) is 9.47 Å². The molecule has 1 aliphatic heterocycles. The van der Waals surface area contributed by atoms with Crippen LogP contribution in [0.15, 0.2) is 36.4 Å². The predicted octanol–water partition coefficient (Wildman–Crippen LogP) is 3.47. The fourth-order valence-electron chi connectivity index (χ4n) is 2.89. The van der Waals surface area contributed by atoms with Crippen molar-refractivity contribution in [3.05, 3.63) is 47.5 Å². The monoisotopic (exact) mass is 354 g/mol. The number of fused-ring (bicyclic) bond motifs is 1. The summed E-state index contributed by atoms with van der Waals surface area (Å²) in [5, 5.41) is 5.46. The molecule has 136 valence electrons. The number of rotatable bonds is 5. The zero-order chi connectivity index (χ0) is 18.7. The van der Waals surface area contributed by atoms with E-state index in [2.05, 4.69) is 24.5 Å². The summed E-state index contributed by atoms with van der Waals surface area (Å²) in [7, 11) is 0. The minimum atomic E-state index is -0.279. The third-order valence-corrected chi connectivity index (χ3v) is 4.13. The fourth-order valence-corrected chi connectivity index (χ4v) is 2.89. The van der Waals surface area contributed by atoms with Crippen LogP contribution >= 0.6 is 0 Å². The van der Waals surface area contributed by atoms with Gasteiger partial charge in [0.1, 0.15) is 11.5 Å². The van der Waals surface area contributed by atoms with Gasteiger partial charge in [-0.05, 0) is 54.3 Å². The average molecular weight is 354 g/mol. The van der Waals surface area contributed by atoms with Gasteiger partial charge in [-0.1, -0.05) is 19.9 Å². The average Bonchev–Trinajstić information content (AvgIpc) is 2.59. The van der Waals surface area contributed by atoms with Gasteiger partial charge in [-0.25, -0.2) is 0 Å². The summed E-state index contributed by atoms with van der Waals surface area (Å²) in [6.45, 7) is 6.22. The van der Waals surface area contributed by atoms with Crippen molar-refractivity contribution in [3.8, 4) is 11.5 Å². The number of ether oxygens (including phenoxy) is 2. The largest absolute Gasteiger partial charge is 0.484 e. The van der Waals surface area contributed by atoms with Crippen molar-refractivity contribution in [3.63, 3.8) is 0 Å². The molecule has 2 N–H and O–H groups in total. The summed E-state index contributed by atoms with van der Waals surface area (Å²) in [5.41, 5.74) is 3.51. The van der Waals surface area contributed by atoms with Gasteiger partial charge in [0.25, 0.3) is 11.8 Å². The van der Waals surface area contributed by atoms with Crippen LogP contribution in [0.4, 0.5) is 11.4 Å². The van der Waals surface area contributed by atoms with Gasteiger partial charge in [-0.2, -0.15) is 0 Å². The molecule has 0 aromatic heterocycles. The molecule has 2 amide bonds. The van der Waals surface area contributed by atoms with E-state index in [0.29, 0.717) is 28.8 Å². The second kappa shape index (κ2) is 7.47. The minimum Gasteiger partial charge on any atom is -0.484 e. The lowest BCUT2D eigenvalue weighted by atomic mass is 9.98. The van der Waals surface area contributed by atoms with E-state index < -0.39 is 0 Å². The Morgan fingerprint density at radius 2 is 2.08 bits per heavy atom. The van der Waals surface area contributed by atoms with Gasteiger partial charge in [0.05, 0.1) is 5.69 Å². The first kappa shape index (κ1) is 17.8. The first-order chi connectivity index (χ1) is 12.4. The second-order valence-corrected chi connectivity index (χ2v) is 6.56. The Bertz CT molecular complexity index is 846. The van der Waals surface area contributed by atoms with Gasteiger partial charge in [0.15, 0.2) is 13.2 Å². The number of hydrogen-bond acceptors (Lipinski definition) is 4. The summed E-state index contributed by atoms with van der Waals surface area (Å²) >= 11 is 0. The van der Waals surface area contributed by atoms with Crippen molar-refractivity contribution in [1.29, 1.82) is 0 Å². The number of hydrogen-bond donors (Lipinski definition) is 2. The standard InChI is InChI=1S/C20H22N2O4/c1-12(2)16-6-5-15(8-13(16)3)25-10-19(23)21-14-4-7-18-17(9-14)22-20(24)11-26-18/h4-9,12H,10-11H2,1-3H3,(H,21,23)(H,22,24). The Morgan fingerprint density at radius 3 is 2.81 bits per heavy atom. The van der Waals surface area contributed by atoms with Crippen molar-refractivity contribution >= 4 is 23.2 Å². The van der Waals surface area contributed by atoms with Crippen LogP contribution < -0.4 is 20.1 Å². The van der Waals surface area contributed by atoms with Gasteiger partial charge in [0, 0.05) is 5.69 Å². The number of nitrogens with one attached hydrogen (secondary N) is 2. The molecule has 0 saturated heterocycles. The second-order valence-electron chi connectivity index (χ2n) is 6.56. The van der Waals surface area contributed by atoms with Crippen LogP contribution in [-0.4, -0.2) is 25.0 Å². The Hall–Kier alpha value is -3.02. The van der Waals surface area contributed by atoms with Gasteiger partial charge < -0.3 is 20.1 Å². The molecule has 26 heavy (non-hydrogen) atoms. The molecule has 0 fully saturated rings. The first-order valence-corrected chi connectivity index (χ1v) is 8.52. The summed E-state index contributed by atoms with van der Waals surface area (Å²) in [6, 6.07) is 10.9. The molecule has 6 nitrogen and oxygen atoms in total. The zero-order valence-corrected chi connectivity index (χ0v) is 15.1. The molecule has 1 aliphatic rings. The molecule has 0 bridgehead atoms. The molecule has 2 aromatic rings. The zero-order valence-electron chi connectivity index (χ0n) is 15.1. The number of benzene rings is 2. The number of amides is 2. The Morgan fingerprint density at radius 1 is 1.27 bits per heavy atom. The van der Waals surface area contributed by atoms with Gasteiger partial charge in [-0.15, -0.1) is 0 Å². The Balaban J connectivity index is 1.59. The molecule has 0 radical (unpaired) electrons. The predicted molar refractivity (Wildman–Crippen MR) is 100.0 cm³/mol. The molecular weight excluding hydrogens is 332 g/mol. The minimum absolute atomic E-state index is 0.00155. The first-order valence-electron chi connectivity index (χ1n) is 8.52. The fraction of sp³-hybridized carbons (Fsp3) is 0.300. The highest BCUT2D eigenvalue weighted by molar-refractivity contribution is 5.97. The normalized spacial score (nSPS) is 12.8. The number of carbonyl (C=O) groups is 2. The Labute approximate surface area is 152 Å². The van der Waals surface area contributed by atoms with Crippen molar-refractivity contribution < 1.29 is 19.1 Å². The quantitative estimate of drug-likeness (QED) is 0.862. The molecule has 3 rings (SSSR count). The van der Waals surface area contributed by atoms with E-state index in [0.717, 1.165) is 5.56 Å². The maximum Gasteiger partial charge on any atom is 0.262 e. The van der Waals surface area contributed by atoms with Crippen LogP contribution in [0.5, 0.6) is 11.5 Å². The molecule has 0 unspecified atom stereocenters. The molecule has 0 saturated carbocycles. The number of carbonyl (C=O) groups excluding carboxylic acids is 2. The van der Waals surface area contributed by atoms with E-state index in [-0.39, 0.29) is 25.0 Å². The topological polar surface area (TPSA) is 76.7 Å². The molecule has 6 heteroatoms. The molecule has 2 aromatic carbocycles. The lowest BCUT2D eigenvalue weighted by Crippen LogP contribution is -2.25.